The molecule has 2 aliphatic carbocycles. The van der Waals surface area contributed by atoms with E-state index in [0.717, 1.165) is 37.5 Å². The van der Waals surface area contributed by atoms with Gasteiger partial charge in [-0.15, -0.1) is 0 Å². The van der Waals surface area contributed by atoms with E-state index >= 15 is 0 Å². The maximum absolute atomic E-state index is 12.5. The van der Waals surface area contributed by atoms with Crippen molar-refractivity contribution < 1.29 is 4.79 Å². The van der Waals surface area contributed by atoms with Crippen LogP contribution in [0.3, 0.4) is 0 Å². The smallest absolute Gasteiger partial charge is 0.223 e. The zero-order chi connectivity index (χ0) is 14.7. The molecule has 0 spiro atoms. The molecule has 3 nitrogen and oxygen atoms in total. The summed E-state index contributed by atoms with van der Waals surface area (Å²) in [7, 11) is 0. The van der Waals surface area contributed by atoms with Gasteiger partial charge in [0.1, 0.15) is 0 Å². The molecule has 2 aliphatic rings. The predicted octanol–water partition coefficient (Wildman–Crippen LogP) is 3.08. The monoisotopic (exact) mass is 280 g/mol. The minimum atomic E-state index is 0.121. The van der Waals surface area contributed by atoms with Crippen molar-refractivity contribution >= 4 is 5.91 Å². The van der Waals surface area contributed by atoms with E-state index < -0.39 is 0 Å². The fraction of sp³-hybridized carbons (Fsp3) is 0.941. The van der Waals surface area contributed by atoms with Gasteiger partial charge in [0.25, 0.3) is 0 Å². The maximum Gasteiger partial charge on any atom is 0.223 e. The van der Waals surface area contributed by atoms with E-state index in [9.17, 15) is 4.79 Å². The van der Waals surface area contributed by atoms with Gasteiger partial charge in [0, 0.05) is 18.0 Å². The summed E-state index contributed by atoms with van der Waals surface area (Å²) in [4.78, 5) is 12.5. The Kier molecular flexibility index (Phi) is 5.48. The summed E-state index contributed by atoms with van der Waals surface area (Å²) in [6.45, 7) is 6.73. The van der Waals surface area contributed by atoms with Crippen molar-refractivity contribution in [2.45, 2.75) is 77.8 Å². The van der Waals surface area contributed by atoms with Gasteiger partial charge in [-0.2, -0.15) is 0 Å². The summed E-state index contributed by atoms with van der Waals surface area (Å²) in [6, 6.07) is 0.702. The van der Waals surface area contributed by atoms with Crippen molar-refractivity contribution in [3.63, 3.8) is 0 Å². The molecule has 2 saturated carbocycles. The highest BCUT2D eigenvalue weighted by atomic mass is 16.1. The van der Waals surface area contributed by atoms with E-state index in [4.69, 9.17) is 5.73 Å². The van der Waals surface area contributed by atoms with Crippen LogP contribution in [0.2, 0.25) is 0 Å². The molecule has 3 N–H and O–H groups in total. The number of rotatable bonds is 3. The van der Waals surface area contributed by atoms with Crippen molar-refractivity contribution in [2.75, 3.05) is 0 Å². The molecule has 0 aliphatic heterocycles. The molecule has 116 valence electrons. The van der Waals surface area contributed by atoms with E-state index in [1.165, 1.54) is 19.3 Å². The molecule has 2 rings (SSSR count). The molecule has 1 amide bonds. The highest BCUT2D eigenvalue weighted by Gasteiger charge is 2.31. The number of carbonyl (C=O) groups is 1. The fourth-order valence-corrected chi connectivity index (χ4v) is 3.95. The van der Waals surface area contributed by atoms with Crippen LogP contribution in [0, 0.1) is 23.7 Å². The van der Waals surface area contributed by atoms with Crippen molar-refractivity contribution in [3.8, 4) is 0 Å². The third kappa shape index (κ3) is 3.97. The first-order valence-electron chi connectivity index (χ1n) is 8.53. The first-order chi connectivity index (χ1) is 9.47. The van der Waals surface area contributed by atoms with Crippen LogP contribution in [0.4, 0.5) is 0 Å². The van der Waals surface area contributed by atoms with Crippen LogP contribution < -0.4 is 11.1 Å². The number of nitrogens with one attached hydrogen (secondary N) is 1. The Morgan fingerprint density at radius 3 is 2.50 bits per heavy atom. The lowest BCUT2D eigenvalue weighted by Gasteiger charge is -2.35. The Morgan fingerprint density at radius 1 is 1.10 bits per heavy atom. The molecule has 0 bridgehead atoms. The first kappa shape index (κ1) is 15.8. The second-order valence-electron chi connectivity index (χ2n) is 7.45. The molecular weight excluding hydrogens is 248 g/mol. The first-order valence-corrected chi connectivity index (χ1v) is 8.53. The lowest BCUT2D eigenvalue weighted by Crippen LogP contribution is -2.44. The van der Waals surface area contributed by atoms with Gasteiger partial charge < -0.3 is 11.1 Å². The fourth-order valence-electron chi connectivity index (χ4n) is 3.95. The predicted molar refractivity (Wildman–Crippen MR) is 83.2 cm³/mol. The molecule has 0 heterocycles. The maximum atomic E-state index is 12.5. The molecule has 6 atom stereocenters. The zero-order valence-electron chi connectivity index (χ0n) is 13.4. The van der Waals surface area contributed by atoms with Crippen LogP contribution in [0.1, 0.15) is 65.7 Å². The Bertz CT molecular complexity index is 331. The van der Waals surface area contributed by atoms with Gasteiger partial charge in [-0.05, 0) is 56.3 Å². The van der Waals surface area contributed by atoms with Crippen LogP contribution in [0.5, 0.6) is 0 Å². The summed E-state index contributed by atoms with van der Waals surface area (Å²) in [6.07, 6.45) is 8.03. The van der Waals surface area contributed by atoms with Crippen molar-refractivity contribution in [3.05, 3.63) is 0 Å². The van der Waals surface area contributed by atoms with Crippen LogP contribution >= 0.6 is 0 Å². The average Bonchev–Trinajstić information content (AvgIpc) is 2.42. The molecule has 3 heteroatoms. The van der Waals surface area contributed by atoms with E-state index in [2.05, 4.69) is 26.1 Å². The molecule has 20 heavy (non-hydrogen) atoms. The number of hydrogen-bond donors (Lipinski definition) is 2. The topological polar surface area (TPSA) is 55.1 Å². The summed E-state index contributed by atoms with van der Waals surface area (Å²) in [5, 5.41) is 3.30. The van der Waals surface area contributed by atoms with Crippen LogP contribution in [-0.2, 0) is 4.79 Å². The lowest BCUT2D eigenvalue weighted by molar-refractivity contribution is -0.127. The second kappa shape index (κ2) is 6.93. The Morgan fingerprint density at radius 2 is 1.85 bits per heavy atom. The number of carbonyl (C=O) groups excluding carboxylic acids is 1. The van der Waals surface area contributed by atoms with Crippen molar-refractivity contribution in [1.82, 2.24) is 5.32 Å². The molecule has 2 fully saturated rings. The standard InChI is InChI=1S/C17H32N2O/c1-11-7-8-16(9-12(11)2)19-17(20)13(3)14-5-4-6-15(18)10-14/h11-16H,4-10,18H2,1-3H3,(H,19,20). The summed E-state index contributed by atoms with van der Waals surface area (Å²) < 4.78 is 0. The number of hydrogen-bond acceptors (Lipinski definition) is 2. The van der Waals surface area contributed by atoms with Gasteiger partial charge in [-0.25, -0.2) is 0 Å². The van der Waals surface area contributed by atoms with Gasteiger partial charge >= 0.3 is 0 Å². The average molecular weight is 280 g/mol. The zero-order valence-corrected chi connectivity index (χ0v) is 13.4. The molecule has 0 aromatic rings. The Hall–Kier alpha value is -0.570. The van der Waals surface area contributed by atoms with Gasteiger partial charge in [-0.1, -0.05) is 27.2 Å². The number of amides is 1. The SMILES string of the molecule is CC1CCC(NC(=O)C(C)C2CCCC(N)C2)CC1C. The van der Waals surface area contributed by atoms with Gasteiger partial charge in [0.15, 0.2) is 0 Å². The highest BCUT2D eigenvalue weighted by Crippen LogP contribution is 2.32. The summed E-state index contributed by atoms with van der Waals surface area (Å²) in [5.74, 6) is 2.40. The van der Waals surface area contributed by atoms with E-state index in [1.54, 1.807) is 0 Å². The van der Waals surface area contributed by atoms with Gasteiger partial charge in [-0.3, -0.25) is 4.79 Å². The van der Waals surface area contributed by atoms with E-state index in [1.807, 2.05) is 0 Å². The Balaban J connectivity index is 1.81. The molecule has 0 saturated heterocycles. The van der Waals surface area contributed by atoms with Gasteiger partial charge in [0.05, 0.1) is 0 Å². The van der Waals surface area contributed by atoms with E-state index in [0.29, 0.717) is 18.0 Å². The summed E-state index contributed by atoms with van der Waals surface area (Å²) in [5.41, 5.74) is 6.05. The highest BCUT2D eigenvalue weighted by molar-refractivity contribution is 5.78. The largest absolute Gasteiger partial charge is 0.353 e. The minimum Gasteiger partial charge on any atom is -0.353 e. The third-order valence-corrected chi connectivity index (χ3v) is 5.82. The molecule has 0 aromatic heterocycles. The Labute approximate surface area is 124 Å². The minimum absolute atomic E-state index is 0.121. The number of nitrogens with two attached hydrogens (primary N) is 1. The van der Waals surface area contributed by atoms with Crippen molar-refractivity contribution in [2.24, 2.45) is 29.4 Å². The van der Waals surface area contributed by atoms with E-state index in [-0.39, 0.29) is 11.8 Å². The molecule has 0 radical (unpaired) electrons. The van der Waals surface area contributed by atoms with Crippen LogP contribution in [-0.4, -0.2) is 18.0 Å². The lowest BCUT2D eigenvalue weighted by atomic mass is 9.77. The summed E-state index contributed by atoms with van der Waals surface area (Å²) >= 11 is 0. The van der Waals surface area contributed by atoms with Crippen molar-refractivity contribution in [1.29, 1.82) is 0 Å². The third-order valence-electron chi connectivity index (χ3n) is 5.82. The quantitative estimate of drug-likeness (QED) is 0.834. The van der Waals surface area contributed by atoms with Gasteiger partial charge in [0.2, 0.25) is 5.91 Å². The van der Waals surface area contributed by atoms with Crippen LogP contribution in [0.25, 0.3) is 0 Å². The normalized spacial score (nSPS) is 40.1. The molecular formula is C17H32N2O. The second-order valence-corrected chi connectivity index (χ2v) is 7.45. The molecule has 6 unspecified atom stereocenters. The van der Waals surface area contributed by atoms with Crippen LogP contribution in [0.15, 0.2) is 0 Å². The molecule has 0 aromatic carbocycles.